The number of aliphatic hydroxyl groups excluding tert-OH is 1. The molecule has 1 nitrogen and oxygen atoms in total. The number of rotatable bonds is 3. The maximum absolute atomic E-state index is 9.67. The van der Waals surface area contributed by atoms with Gasteiger partial charge in [-0.25, -0.2) is 0 Å². The van der Waals surface area contributed by atoms with Gasteiger partial charge in [0.15, 0.2) is 0 Å². The van der Waals surface area contributed by atoms with E-state index >= 15 is 0 Å². The van der Waals surface area contributed by atoms with E-state index in [0.29, 0.717) is 0 Å². The van der Waals surface area contributed by atoms with Crippen LogP contribution >= 0.6 is 15.9 Å². The number of benzene rings is 1. The Balaban J connectivity index is 2.79. The minimum atomic E-state index is -0.328. The van der Waals surface area contributed by atoms with Crippen LogP contribution in [-0.4, -0.2) is 5.11 Å². The fourth-order valence-electron chi connectivity index (χ4n) is 1.17. The summed E-state index contributed by atoms with van der Waals surface area (Å²) in [6.07, 6.45) is 1.50. The van der Waals surface area contributed by atoms with E-state index in [1.54, 1.807) is 0 Å². The van der Waals surface area contributed by atoms with Crippen LogP contribution in [0, 0.1) is 0 Å². The molecule has 2 heteroatoms. The molecule has 0 aromatic heterocycles. The molecule has 66 valence electrons. The monoisotopic (exact) mass is 228 g/mol. The largest absolute Gasteiger partial charge is 0.388 e. The molecule has 0 saturated heterocycles. The van der Waals surface area contributed by atoms with E-state index in [2.05, 4.69) is 22.9 Å². The highest BCUT2D eigenvalue weighted by Crippen LogP contribution is 2.25. The highest BCUT2D eigenvalue weighted by atomic mass is 79.9. The highest BCUT2D eigenvalue weighted by Gasteiger charge is 2.08. The summed E-state index contributed by atoms with van der Waals surface area (Å²) in [5, 5.41) is 9.67. The van der Waals surface area contributed by atoms with Crippen molar-refractivity contribution in [1.29, 1.82) is 0 Å². The normalized spacial score (nSPS) is 12.9. The lowest BCUT2D eigenvalue weighted by Gasteiger charge is -2.10. The van der Waals surface area contributed by atoms with Crippen LogP contribution in [0.3, 0.4) is 0 Å². The molecule has 0 amide bonds. The third-order valence-corrected chi connectivity index (χ3v) is 2.55. The third kappa shape index (κ3) is 2.32. The topological polar surface area (TPSA) is 20.2 Å². The van der Waals surface area contributed by atoms with Crippen LogP contribution in [0.5, 0.6) is 0 Å². The first-order valence-corrected chi connectivity index (χ1v) is 4.97. The second-order valence-electron chi connectivity index (χ2n) is 2.83. The quantitative estimate of drug-likeness (QED) is 0.843. The van der Waals surface area contributed by atoms with Crippen molar-refractivity contribution in [2.75, 3.05) is 0 Å². The van der Waals surface area contributed by atoms with Crippen LogP contribution in [-0.2, 0) is 0 Å². The number of halogens is 1. The summed E-state index contributed by atoms with van der Waals surface area (Å²) in [6.45, 7) is 2.07. The Morgan fingerprint density at radius 3 is 2.67 bits per heavy atom. The molecule has 0 unspecified atom stereocenters. The van der Waals surface area contributed by atoms with Gasteiger partial charge < -0.3 is 5.11 Å². The Morgan fingerprint density at radius 2 is 2.08 bits per heavy atom. The van der Waals surface area contributed by atoms with Gasteiger partial charge in [-0.3, -0.25) is 0 Å². The van der Waals surface area contributed by atoms with Gasteiger partial charge in [0, 0.05) is 4.47 Å². The van der Waals surface area contributed by atoms with Gasteiger partial charge in [-0.15, -0.1) is 0 Å². The van der Waals surface area contributed by atoms with E-state index in [-0.39, 0.29) is 6.10 Å². The molecule has 0 fully saturated rings. The van der Waals surface area contributed by atoms with Gasteiger partial charge in [-0.2, -0.15) is 0 Å². The van der Waals surface area contributed by atoms with Crippen LogP contribution in [0.2, 0.25) is 0 Å². The van der Waals surface area contributed by atoms with Gasteiger partial charge in [-0.05, 0) is 18.1 Å². The summed E-state index contributed by atoms with van der Waals surface area (Å²) in [6, 6.07) is 7.80. The summed E-state index contributed by atoms with van der Waals surface area (Å²) >= 11 is 3.41. The van der Waals surface area contributed by atoms with Crippen molar-refractivity contribution in [1.82, 2.24) is 0 Å². The molecule has 12 heavy (non-hydrogen) atoms. The van der Waals surface area contributed by atoms with Crippen molar-refractivity contribution in [3.05, 3.63) is 34.3 Å². The average molecular weight is 229 g/mol. The maximum atomic E-state index is 9.67. The van der Waals surface area contributed by atoms with Crippen molar-refractivity contribution < 1.29 is 5.11 Å². The molecule has 0 bridgehead atoms. The minimum Gasteiger partial charge on any atom is -0.388 e. The van der Waals surface area contributed by atoms with E-state index < -0.39 is 0 Å². The van der Waals surface area contributed by atoms with Crippen molar-refractivity contribution in [2.24, 2.45) is 0 Å². The van der Waals surface area contributed by atoms with Gasteiger partial charge in [-0.1, -0.05) is 47.5 Å². The number of hydrogen-bond acceptors (Lipinski definition) is 1. The molecule has 1 N–H and O–H groups in total. The van der Waals surface area contributed by atoms with Gasteiger partial charge in [0.2, 0.25) is 0 Å². The van der Waals surface area contributed by atoms with Crippen molar-refractivity contribution in [3.63, 3.8) is 0 Å². The standard InChI is InChI=1S/C10H13BrO/c1-2-5-10(12)8-6-3-4-7-9(8)11/h3-4,6-7,10,12H,2,5H2,1H3/t10-/m1/s1. The molecule has 1 rings (SSSR count). The first kappa shape index (κ1) is 9.75. The lowest BCUT2D eigenvalue weighted by atomic mass is 10.1. The van der Waals surface area contributed by atoms with Gasteiger partial charge in [0.25, 0.3) is 0 Å². The summed E-state index contributed by atoms with van der Waals surface area (Å²) in [7, 11) is 0. The van der Waals surface area contributed by atoms with E-state index in [9.17, 15) is 5.11 Å². The van der Waals surface area contributed by atoms with Crippen LogP contribution in [0.4, 0.5) is 0 Å². The fraction of sp³-hybridized carbons (Fsp3) is 0.400. The van der Waals surface area contributed by atoms with Crippen LogP contribution in [0.1, 0.15) is 31.4 Å². The highest BCUT2D eigenvalue weighted by molar-refractivity contribution is 9.10. The Bertz CT molecular complexity index is 247. The maximum Gasteiger partial charge on any atom is 0.0800 e. The molecule has 0 aliphatic rings. The van der Waals surface area contributed by atoms with Crippen LogP contribution < -0.4 is 0 Å². The predicted molar refractivity (Wildman–Crippen MR) is 54.0 cm³/mol. The fourth-order valence-corrected chi connectivity index (χ4v) is 1.72. The van der Waals surface area contributed by atoms with Gasteiger partial charge >= 0.3 is 0 Å². The summed E-state index contributed by atoms with van der Waals surface area (Å²) < 4.78 is 0.992. The van der Waals surface area contributed by atoms with Crippen molar-refractivity contribution in [3.8, 4) is 0 Å². The Hall–Kier alpha value is -0.340. The first-order valence-electron chi connectivity index (χ1n) is 4.18. The number of aliphatic hydroxyl groups is 1. The van der Waals surface area contributed by atoms with E-state index in [4.69, 9.17) is 0 Å². The molecule has 1 atom stereocenters. The zero-order valence-corrected chi connectivity index (χ0v) is 8.71. The molecule has 0 aliphatic carbocycles. The Morgan fingerprint density at radius 1 is 1.42 bits per heavy atom. The predicted octanol–water partition coefficient (Wildman–Crippen LogP) is 3.28. The second-order valence-corrected chi connectivity index (χ2v) is 3.68. The molecule has 0 spiro atoms. The lowest BCUT2D eigenvalue weighted by Crippen LogP contribution is -1.96. The van der Waals surface area contributed by atoms with Crippen LogP contribution in [0.25, 0.3) is 0 Å². The molecule has 0 radical (unpaired) electrons. The van der Waals surface area contributed by atoms with Crippen molar-refractivity contribution in [2.45, 2.75) is 25.9 Å². The first-order chi connectivity index (χ1) is 5.75. The van der Waals surface area contributed by atoms with E-state index in [1.807, 2.05) is 24.3 Å². The van der Waals surface area contributed by atoms with Gasteiger partial charge in [0.1, 0.15) is 0 Å². The zero-order valence-electron chi connectivity index (χ0n) is 7.13. The zero-order chi connectivity index (χ0) is 8.97. The van der Waals surface area contributed by atoms with Crippen LogP contribution in [0.15, 0.2) is 28.7 Å². The second kappa shape index (κ2) is 4.63. The Kier molecular flexibility index (Phi) is 3.76. The minimum absolute atomic E-state index is 0.328. The SMILES string of the molecule is CCC[C@@H](O)c1ccccc1Br. The van der Waals surface area contributed by atoms with E-state index in [0.717, 1.165) is 22.9 Å². The van der Waals surface area contributed by atoms with Crippen molar-refractivity contribution >= 4 is 15.9 Å². The molecular formula is C10H13BrO. The molecule has 0 aliphatic heterocycles. The smallest absolute Gasteiger partial charge is 0.0800 e. The molecule has 0 saturated carbocycles. The molecule has 0 heterocycles. The number of hydrogen-bond donors (Lipinski definition) is 1. The molecule has 1 aromatic rings. The summed E-state index contributed by atoms with van der Waals surface area (Å²) in [5.74, 6) is 0. The summed E-state index contributed by atoms with van der Waals surface area (Å²) in [4.78, 5) is 0. The lowest BCUT2D eigenvalue weighted by molar-refractivity contribution is 0.165. The summed E-state index contributed by atoms with van der Waals surface area (Å²) in [5.41, 5.74) is 0.986. The third-order valence-electron chi connectivity index (χ3n) is 1.83. The molecular weight excluding hydrogens is 216 g/mol. The Labute approximate surface area is 81.6 Å². The average Bonchev–Trinajstić information content (AvgIpc) is 2.05. The van der Waals surface area contributed by atoms with Gasteiger partial charge in [0.05, 0.1) is 6.10 Å². The molecule has 1 aromatic carbocycles. The van der Waals surface area contributed by atoms with E-state index in [1.165, 1.54) is 0 Å².